The highest BCUT2D eigenvalue weighted by atomic mass is 32.1. The molecule has 10 nitrogen and oxygen atoms in total. The third kappa shape index (κ3) is 7.05. The molecule has 224 valence electrons. The molecule has 2 aromatic rings. The lowest BCUT2D eigenvalue weighted by Crippen LogP contribution is -2.55. The summed E-state index contributed by atoms with van der Waals surface area (Å²) in [6.07, 6.45) is 4.99. The molecule has 2 saturated heterocycles. The van der Waals surface area contributed by atoms with Crippen LogP contribution in [-0.2, 0) is 17.6 Å². The van der Waals surface area contributed by atoms with E-state index < -0.39 is 0 Å². The zero-order chi connectivity index (χ0) is 30.2. The maximum Gasteiger partial charge on any atom is 0.319 e. The third-order valence-electron chi connectivity index (χ3n) is 8.04. The van der Waals surface area contributed by atoms with Gasteiger partial charge in [0.2, 0.25) is 5.91 Å². The minimum Gasteiger partial charge on any atom is -0.496 e. The number of ether oxygens (including phenoxy) is 2. The summed E-state index contributed by atoms with van der Waals surface area (Å²) in [6, 6.07) is 7.75. The molecule has 2 aliphatic heterocycles. The number of methoxy groups -OCH3 is 1. The van der Waals surface area contributed by atoms with Gasteiger partial charge in [-0.3, -0.25) is 9.59 Å². The summed E-state index contributed by atoms with van der Waals surface area (Å²) in [4.78, 5) is 42.8. The van der Waals surface area contributed by atoms with Crippen LogP contribution in [0.2, 0.25) is 0 Å². The predicted molar refractivity (Wildman–Crippen MR) is 164 cm³/mol. The topological polar surface area (TPSA) is 112 Å². The Morgan fingerprint density at radius 2 is 2.02 bits per heavy atom. The average molecular weight is 593 g/mol. The minimum absolute atomic E-state index is 0.0550. The quantitative estimate of drug-likeness (QED) is 0.224. The van der Waals surface area contributed by atoms with Crippen LogP contribution in [0.25, 0.3) is 0 Å². The molecular formula is C31H40N6O4S. The van der Waals surface area contributed by atoms with Crippen LogP contribution < -0.4 is 14.4 Å². The molecule has 4 rings (SSSR count). The van der Waals surface area contributed by atoms with E-state index in [1.54, 1.807) is 12.0 Å². The zero-order valence-corrected chi connectivity index (χ0v) is 25.6. The fourth-order valence-electron chi connectivity index (χ4n) is 5.75. The van der Waals surface area contributed by atoms with Crippen LogP contribution in [0.1, 0.15) is 54.2 Å². The van der Waals surface area contributed by atoms with Gasteiger partial charge in [0.25, 0.3) is 0 Å². The van der Waals surface area contributed by atoms with Crippen molar-refractivity contribution in [2.45, 2.75) is 62.4 Å². The molecule has 2 aliphatic rings. The number of aromatic nitrogens is 2. The maximum absolute atomic E-state index is 14.0. The molecule has 0 N–H and O–H groups in total. The van der Waals surface area contributed by atoms with E-state index in [1.165, 1.54) is 6.08 Å². The summed E-state index contributed by atoms with van der Waals surface area (Å²) >= 11 is 4.59. The number of benzene rings is 1. The molecule has 2 atom stereocenters. The maximum atomic E-state index is 14.0. The Labute approximate surface area is 253 Å². The lowest BCUT2D eigenvalue weighted by atomic mass is 9.99. The Balaban J connectivity index is 1.75. The lowest BCUT2D eigenvalue weighted by molar-refractivity contribution is -0.128. The van der Waals surface area contributed by atoms with Gasteiger partial charge in [-0.05, 0) is 51.1 Å². The first kappa shape index (κ1) is 31.3. The molecule has 0 aliphatic carbocycles. The first-order valence-corrected chi connectivity index (χ1v) is 14.9. The van der Waals surface area contributed by atoms with Crippen LogP contribution in [-0.4, -0.2) is 90.5 Å². The Morgan fingerprint density at radius 1 is 1.21 bits per heavy atom. The predicted octanol–water partition coefficient (Wildman–Crippen LogP) is 3.74. The van der Waals surface area contributed by atoms with Crippen molar-refractivity contribution in [3.8, 4) is 17.8 Å². The van der Waals surface area contributed by atoms with Gasteiger partial charge in [0.05, 0.1) is 25.6 Å². The molecule has 3 heterocycles. The summed E-state index contributed by atoms with van der Waals surface area (Å²) in [5, 5.41) is 9.50. The SMILES string of the molecule is C=CC(=O)N1CCN(c2nc(OCC3CCCN3C)nc(C(=O)Cc3c(S)cccc3OC)c2CCC)CC1CC#N. The van der Waals surface area contributed by atoms with Crippen molar-refractivity contribution in [1.82, 2.24) is 19.8 Å². The van der Waals surface area contributed by atoms with Gasteiger partial charge in [0.15, 0.2) is 5.78 Å². The van der Waals surface area contributed by atoms with E-state index in [4.69, 9.17) is 19.4 Å². The van der Waals surface area contributed by atoms with Crippen LogP contribution in [0.5, 0.6) is 11.8 Å². The lowest BCUT2D eigenvalue weighted by Gasteiger charge is -2.41. The summed E-state index contributed by atoms with van der Waals surface area (Å²) in [6.45, 7) is 8.38. The van der Waals surface area contributed by atoms with Crippen molar-refractivity contribution in [3.63, 3.8) is 0 Å². The number of nitrogens with zero attached hydrogens (tertiary/aromatic N) is 6. The minimum atomic E-state index is -0.338. The smallest absolute Gasteiger partial charge is 0.319 e. The number of Topliss-reactive ketones (excluding diaryl/α,β-unsaturated/α-hetero) is 1. The van der Waals surface area contributed by atoms with Gasteiger partial charge in [0, 0.05) is 48.1 Å². The molecule has 1 amide bonds. The molecule has 1 aromatic carbocycles. The molecule has 1 aromatic heterocycles. The largest absolute Gasteiger partial charge is 0.496 e. The number of likely N-dealkylation sites (tertiary alicyclic amines) is 1. The number of likely N-dealkylation sites (N-methyl/N-ethyl adjacent to an activating group) is 1. The van der Waals surface area contributed by atoms with E-state index in [0.29, 0.717) is 60.4 Å². The van der Waals surface area contributed by atoms with Gasteiger partial charge in [-0.15, -0.1) is 12.6 Å². The number of hydrogen-bond acceptors (Lipinski definition) is 10. The number of carbonyl (C=O) groups excluding carboxylic acids is 2. The summed E-state index contributed by atoms with van der Waals surface area (Å²) in [5.41, 5.74) is 1.75. The highest BCUT2D eigenvalue weighted by Gasteiger charge is 2.33. The standard InChI is InChI=1S/C31H40N6O4S/c1-5-9-23-29(25(38)18-24-26(40-4)11-7-12-27(24)42)33-31(41-20-22-10-8-15-35(22)3)34-30(23)36-16-17-37(28(39)6-2)21(19-36)13-14-32/h6-7,11-12,21-22,42H,2,5,8-10,13,15-20H2,1,3-4H3. The Bertz CT molecular complexity index is 1350. The first-order chi connectivity index (χ1) is 20.3. The van der Waals surface area contributed by atoms with Crippen LogP contribution >= 0.6 is 12.6 Å². The Hall–Kier alpha value is -3.62. The normalized spacial score (nSPS) is 18.9. The Kier molecular flexibility index (Phi) is 10.8. The average Bonchev–Trinajstić information content (AvgIpc) is 3.41. The molecule has 0 bridgehead atoms. The van der Waals surface area contributed by atoms with Crippen LogP contribution in [0.3, 0.4) is 0 Å². The van der Waals surface area contributed by atoms with Gasteiger partial charge < -0.3 is 24.2 Å². The number of rotatable bonds is 12. The van der Waals surface area contributed by atoms with Crippen molar-refractivity contribution >= 4 is 30.1 Å². The molecule has 11 heteroatoms. The summed E-state index contributed by atoms with van der Waals surface area (Å²) < 4.78 is 11.7. The van der Waals surface area contributed by atoms with Gasteiger partial charge in [0.1, 0.15) is 23.9 Å². The van der Waals surface area contributed by atoms with Crippen molar-refractivity contribution in [3.05, 3.63) is 47.7 Å². The van der Waals surface area contributed by atoms with E-state index in [2.05, 4.69) is 42.1 Å². The fraction of sp³-hybridized carbons (Fsp3) is 0.516. The molecule has 0 spiro atoms. The number of carbonyl (C=O) groups is 2. The monoisotopic (exact) mass is 592 g/mol. The van der Waals surface area contributed by atoms with Gasteiger partial charge in [-0.1, -0.05) is 26.0 Å². The van der Waals surface area contributed by atoms with Gasteiger partial charge in [-0.2, -0.15) is 15.2 Å². The Morgan fingerprint density at radius 3 is 2.69 bits per heavy atom. The molecule has 2 fully saturated rings. The van der Waals surface area contributed by atoms with E-state index in [0.717, 1.165) is 31.4 Å². The summed E-state index contributed by atoms with van der Waals surface area (Å²) in [5.74, 6) is 0.820. The van der Waals surface area contributed by atoms with Crippen molar-refractivity contribution in [2.24, 2.45) is 0 Å². The van der Waals surface area contributed by atoms with Crippen LogP contribution in [0.15, 0.2) is 35.7 Å². The first-order valence-electron chi connectivity index (χ1n) is 14.5. The highest BCUT2D eigenvalue weighted by Crippen LogP contribution is 2.31. The van der Waals surface area contributed by atoms with E-state index in [9.17, 15) is 14.9 Å². The second-order valence-corrected chi connectivity index (χ2v) is 11.2. The summed E-state index contributed by atoms with van der Waals surface area (Å²) in [7, 11) is 3.65. The molecular weight excluding hydrogens is 552 g/mol. The molecule has 2 unspecified atom stereocenters. The number of ketones is 1. The number of nitriles is 1. The second kappa shape index (κ2) is 14.5. The van der Waals surface area contributed by atoms with Crippen molar-refractivity contribution < 1.29 is 19.1 Å². The van der Waals surface area contributed by atoms with E-state index in [1.807, 2.05) is 25.1 Å². The molecule has 0 radical (unpaired) electrons. The second-order valence-electron chi connectivity index (χ2n) is 10.8. The van der Waals surface area contributed by atoms with Crippen LogP contribution in [0.4, 0.5) is 5.82 Å². The van der Waals surface area contributed by atoms with Crippen LogP contribution in [0, 0.1) is 11.3 Å². The molecule has 0 saturated carbocycles. The number of anilines is 1. The van der Waals surface area contributed by atoms with Gasteiger partial charge in [-0.25, -0.2) is 0 Å². The number of amides is 1. The van der Waals surface area contributed by atoms with E-state index in [-0.39, 0.29) is 42.6 Å². The zero-order valence-electron chi connectivity index (χ0n) is 24.7. The number of piperazine rings is 1. The highest BCUT2D eigenvalue weighted by molar-refractivity contribution is 7.80. The number of hydrogen-bond donors (Lipinski definition) is 1. The van der Waals surface area contributed by atoms with Gasteiger partial charge >= 0.3 is 6.01 Å². The third-order valence-corrected chi connectivity index (χ3v) is 8.46. The van der Waals surface area contributed by atoms with Crippen molar-refractivity contribution in [1.29, 1.82) is 5.26 Å². The van der Waals surface area contributed by atoms with E-state index >= 15 is 0 Å². The fourth-order valence-corrected chi connectivity index (χ4v) is 6.03. The molecule has 42 heavy (non-hydrogen) atoms. The number of thiol groups is 1. The van der Waals surface area contributed by atoms with Crippen molar-refractivity contribution in [2.75, 3.05) is 51.8 Å².